The Kier molecular flexibility index (Phi) is 4.39. The highest BCUT2D eigenvalue weighted by Crippen LogP contribution is 2.36. The lowest BCUT2D eigenvalue weighted by Crippen LogP contribution is -2.10. The SMILES string of the molecule is COc1cccc(-c2nc(NC3CCc4cc(C)ccc43)c3ccccc3n2)c1. The molecule has 0 spiro atoms. The number of para-hydroxylation sites is 1. The maximum absolute atomic E-state index is 5.38. The summed E-state index contributed by atoms with van der Waals surface area (Å²) in [5, 5.41) is 4.76. The molecule has 3 aromatic carbocycles. The summed E-state index contributed by atoms with van der Waals surface area (Å²) in [7, 11) is 1.67. The quantitative estimate of drug-likeness (QED) is 0.492. The third-order valence-electron chi connectivity index (χ3n) is 5.62. The van der Waals surface area contributed by atoms with Gasteiger partial charge in [-0.2, -0.15) is 0 Å². The Bertz CT molecular complexity index is 1200. The number of anilines is 1. The van der Waals surface area contributed by atoms with E-state index in [1.165, 1.54) is 16.7 Å². The van der Waals surface area contributed by atoms with Gasteiger partial charge in [0.1, 0.15) is 11.6 Å². The second-order valence-electron chi connectivity index (χ2n) is 7.58. The zero-order chi connectivity index (χ0) is 19.8. The van der Waals surface area contributed by atoms with Gasteiger partial charge in [-0.15, -0.1) is 0 Å². The van der Waals surface area contributed by atoms with E-state index in [1.54, 1.807) is 7.11 Å². The van der Waals surface area contributed by atoms with Gasteiger partial charge in [0, 0.05) is 10.9 Å². The lowest BCUT2D eigenvalue weighted by Gasteiger charge is -2.17. The Hall–Kier alpha value is -3.40. The van der Waals surface area contributed by atoms with Crippen LogP contribution in [-0.2, 0) is 6.42 Å². The van der Waals surface area contributed by atoms with Gasteiger partial charge in [0.25, 0.3) is 0 Å². The van der Waals surface area contributed by atoms with Gasteiger partial charge in [0.2, 0.25) is 0 Å². The summed E-state index contributed by atoms with van der Waals surface area (Å²) in [6, 6.07) is 23.1. The molecule has 1 heterocycles. The van der Waals surface area contributed by atoms with Crippen LogP contribution in [0.4, 0.5) is 5.82 Å². The Morgan fingerprint density at radius 3 is 2.76 bits per heavy atom. The highest BCUT2D eigenvalue weighted by Gasteiger charge is 2.23. The Labute approximate surface area is 170 Å². The Balaban J connectivity index is 1.58. The molecule has 4 aromatic rings. The van der Waals surface area contributed by atoms with E-state index in [2.05, 4.69) is 36.5 Å². The average molecular weight is 381 g/mol. The van der Waals surface area contributed by atoms with Crippen LogP contribution in [0.1, 0.15) is 29.2 Å². The number of aromatic nitrogens is 2. The third kappa shape index (κ3) is 3.31. The standard InChI is InChI=1S/C25H23N3O/c1-16-10-12-20-17(14-16)11-13-23(20)27-25-21-8-3-4-9-22(21)26-24(28-25)18-6-5-7-19(15-18)29-2/h3-10,12,14-15,23H,11,13H2,1-2H3,(H,26,27,28). The van der Waals surface area contributed by atoms with Crippen molar-refractivity contribution in [1.82, 2.24) is 9.97 Å². The van der Waals surface area contributed by atoms with Crippen LogP contribution >= 0.6 is 0 Å². The molecule has 4 heteroatoms. The van der Waals surface area contributed by atoms with Gasteiger partial charge in [0.05, 0.1) is 18.7 Å². The van der Waals surface area contributed by atoms with Crippen LogP contribution in [0.25, 0.3) is 22.3 Å². The number of rotatable bonds is 4. The second-order valence-corrected chi connectivity index (χ2v) is 7.58. The molecule has 1 aromatic heterocycles. The normalized spacial score (nSPS) is 15.3. The number of aryl methyl sites for hydroxylation is 2. The smallest absolute Gasteiger partial charge is 0.162 e. The van der Waals surface area contributed by atoms with E-state index in [4.69, 9.17) is 14.7 Å². The molecule has 1 unspecified atom stereocenters. The summed E-state index contributed by atoms with van der Waals surface area (Å²) < 4.78 is 5.38. The Morgan fingerprint density at radius 2 is 1.86 bits per heavy atom. The first kappa shape index (κ1) is 17.7. The van der Waals surface area contributed by atoms with E-state index in [9.17, 15) is 0 Å². The van der Waals surface area contributed by atoms with E-state index in [0.717, 1.165) is 40.9 Å². The molecule has 0 aliphatic heterocycles. The fourth-order valence-electron chi connectivity index (χ4n) is 4.14. The third-order valence-corrected chi connectivity index (χ3v) is 5.62. The van der Waals surface area contributed by atoms with Crippen LogP contribution in [0.5, 0.6) is 5.75 Å². The molecule has 0 fully saturated rings. The first-order valence-corrected chi connectivity index (χ1v) is 9.98. The van der Waals surface area contributed by atoms with Gasteiger partial charge >= 0.3 is 0 Å². The fourth-order valence-corrected chi connectivity index (χ4v) is 4.14. The highest BCUT2D eigenvalue weighted by molar-refractivity contribution is 5.90. The zero-order valence-electron chi connectivity index (χ0n) is 16.6. The molecule has 1 N–H and O–H groups in total. The van der Waals surface area contributed by atoms with Crippen molar-refractivity contribution < 1.29 is 4.74 Å². The van der Waals surface area contributed by atoms with Crippen molar-refractivity contribution in [1.29, 1.82) is 0 Å². The monoisotopic (exact) mass is 381 g/mol. The summed E-state index contributed by atoms with van der Waals surface area (Å²) in [5.41, 5.74) is 6.01. The molecule has 1 atom stereocenters. The van der Waals surface area contributed by atoms with Crippen molar-refractivity contribution in [2.45, 2.75) is 25.8 Å². The lowest BCUT2D eigenvalue weighted by atomic mass is 10.1. The number of methoxy groups -OCH3 is 1. The first-order valence-electron chi connectivity index (χ1n) is 9.98. The van der Waals surface area contributed by atoms with Crippen molar-refractivity contribution in [3.05, 3.63) is 83.4 Å². The van der Waals surface area contributed by atoms with Gasteiger partial charge in [-0.1, -0.05) is 48.0 Å². The molecule has 1 aliphatic carbocycles. The summed E-state index contributed by atoms with van der Waals surface area (Å²) in [4.78, 5) is 9.73. The minimum absolute atomic E-state index is 0.266. The van der Waals surface area contributed by atoms with E-state index in [0.29, 0.717) is 5.82 Å². The minimum Gasteiger partial charge on any atom is -0.497 e. The summed E-state index contributed by atoms with van der Waals surface area (Å²) in [5.74, 6) is 2.38. The summed E-state index contributed by atoms with van der Waals surface area (Å²) in [6.07, 6.45) is 2.17. The van der Waals surface area contributed by atoms with Gasteiger partial charge in [-0.05, 0) is 55.2 Å². The fraction of sp³-hybridized carbons (Fsp3) is 0.200. The summed E-state index contributed by atoms with van der Waals surface area (Å²) >= 11 is 0. The van der Waals surface area contributed by atoms with Crippen molar-refractivity contribution in [3.8, 4) is 17.1 Å². The van der Waals surface area contributed by atoms with E-state index in [1.807, 2.05) is 42.5 Å². The number of benzene rings is 3. The molecule has 4 nitrogen and oxygen atoms in total. The van der Waals surface area contributed by atoms with Gasteiger partial charge < -0.3 is 10.1 Å². The first-order chi connectivity index (χ1) is 14.2. The number of fused-ring (bicyclic) bond motifs is 2. The van der Waals surface area contributed by atoms with E-state index in [-0.39, 0.29) is 6.04 Å². The lowest BCUT2D eigenvalue weighted by molar-refractivity contribution is 0.415. The second kappa shape index (κ2) is 7.21. The van der Waals surface area contributed by atoms with E-state index >= 15 is 0 Å². The van der Waals surface area contributed by atoms with Crippen molar-refractivity contribution >= 4 is 16.7 Å². The molecule has 144 valence electrons. The highest BCUT2D eigenvalue weighted by atomic mass is 16.5. The molecule has 0 radical (unpaired) electrons. The molecule has 5 rings (SSSR count). The maximum atomic E-state index is 5.38. The van der Waals surface area contributed by atoms with Crippen LogP contribution in [0, 0.1) is 6.92 Å². The average Bonchev–Trinajstić information content (AvgIpc) is 3.15. The molecule has 29 heavy (non-hydrogen) atoms. The van der Waals surface area contributed by atoms with Gasteiger partial charge in [-0.25, -0.2) is 9.97 Å². The molecule has 0 saturated carbocycles. The van der Waals surface area contributed by atoms with Crippen LogP contribution in [-0.4, -0.2) is 17.1 Å². The van der Waals surface area contributed by atoms with Gasteiger partial charge in [-0.3, -0.25) is 0 Å². The molecule has 0 amide bonds. The number of nitrogens with zero attached hydrogens (tertiary/aromatic N) is 2. The maximum Gasteiger partial charge on any atom is 0.162 e. The van der Waals surface area contributed by atoms with Gasteiger partial charge in [0.15, 0.2) is 5.82 Å². The minimum atomic E-state index is 0.266. The van der Waals surface area contributed by atoms with Crippen LogP contribution < -0.4 is 10.1 Å². The predicted octanol–water partition coefficient (Wildman–Crippen LogP) is 5.71. The predicted molar refractivity (Wildman–Crippen MR) is 117 cm³/mol. The molecular formula is C25H23N3O. The molecule has 0 saturated heterocycles. The molecule has 1 aliphatic rings. The van der Waals surface area contributed by atoms with Crippen LogP contribution in [0.3, 0.4) is 0 Å². The van der Waals surface area contributed by atoms with Crippen LogP contribution in [0.2, 0.25) is 0 Å². The topological polar surface area (TPSA) is 47.0 Å². The largest absolute Gasteiger partial charge is 0.497 e. The summed E-state index contributed by atoms with van der Waals surface area (Å²) in [6.45, 7) is 2.15. The number of ether oxygens (including phenoxy) is 1. The van der Waals surface area contributed by atoms with Crippen molar-refractivity contribution in [3.63, 3.8) is 0 Å². The Morgan fingerprint density at radius 1 is 0.966 bits per heavy atom. The number of hydrogen-bond acceptors (Lipinski definition) is 4. The number of nitrogens with one attached hydrogen (secondary N) is 1. The molecular weight excluding hydrogens is 358 g/mol. The number of hydrogen-bond donors (Lipinski definition) is 1. The molecule has 0 bridgehead atoms. The van der Waals surface area contributed by atoms with Crippen molar-refractivity contribution in [2.75, 3.05) is 12.4 Å². The zero-order valence-corrected chi connectivity index (χ0v) is 16.6. The van der Waals surface area contributed by atoms with Crippen LogP contribution in [0.15, 0.2) is 66.7 Å². The van der Waals surface area contributed by atoms with Crippen molar-refractivity contribution in [2.24, 2.45) is 0 Å². The van der Waals surface area contributed by atoms with E-state index < -0.39 is 0 Å².